The average molecular weight is 351 g/mol. The number of nitrogens with zero attached hydrogens (tertiary/aromatic N) is 2. The smallest absolute Gasteiger partial charge is 0.307 e. The van der Waals surface area contributed by atoms with Crippen molar-refractivity contribution < 1.29 is 14.3 Å². The van der Waals surface area contributed by atoms with Gasteiger partial charge in [0.15, 0.2) is 0 Å². The highest BCUT2D eigenvalue weighted by molar-refractivity contribution is 7.81. The van der Waals surface area contributed by atoms with Gasteiger partial charge in [0.2, 0.25) is 5.91 Å². The molecule has 0 fully saturated rings. The number of hydrogen-bond acceptors (Lipinski definition) is 5. The van der Waals surface area contributed by atoms with Crippen molar-refractivity contribution in [1.82, 2.24) is 4.98 Å². The minimum atomic E-state index is -0.846. The Morgan fingerprint density at radius 3 is 2.57 bits per heavy atom. The third-order valence-electron chi connectivity index (χ3n) is 3.06. The first kappa shape index (κ1) is 17.3. The molecule has 0 unspecified atom stereocenters. The van der Waals surface area contributed by atoms with Gasteiger partial charge in [0.05, 0.1) is 35.7 Å². The molecule has 0 spiro atoms. The average Bonchev–Trinajstić information content (AvgIpc) is 2.56. The first-order valence-electron chi connectivity index (χ1n) is 6.77. The van der Waals surface area contributed by atoms with Gasteiger partial charge in [-0.05, 0) is 18.2 Å². The zero-order chi connectivity index (χ0) is 16.8. The number of carbonyl (C=O) groups is 2. The van der Waals surface area contributed by atoms with Crippen molar-refractivity contribution >= 4 is 47.5 Å². The summed E-state index contributed by atoms with van der Waals surface area (Å²) in [5.74, 6) is -0.871. The van der Waals surface area contributed by atoms with Crippen LogP contribution in [-0.2, 0) is 14.3 Å². The van der Waals surface area contributed by atoms with Gasteiger partial charge in [-0.1, -0.05) is 29.8 Å². The molecule has 23 heavy (non-hydrogen) atoms. The summed E-state index contributed by atoms with van der Waals surface area (Å²) in [6.07, 6.45) is 2.87. The molecule has 1 amide bonds. The Labute approximate surface area is 144 Å². The van der Waals surface area contributed by atoms with Crippen LogP contribution < -0.4 is 4.90 Å². The number of benzene rings is 1. The van der Waals surface area contributed by atoms with E-state index in [2.05, 4.69) is 22.3 Å². The molecule has 0 radical (unpaired) electrons. The standard InChI is InChI=1S/C16H15ClN2O3S/c1-22-15(20)8-14(23)16(21)19(12-5-3-2-4-6-12)13-7-11(17)9-18-10-13/h2-7,9-10,14,23H,8H2,1H3/t14-/m0/s1. The van der Waals surface area contributed by atoms with Crippen LogP contribution >= 0.6 is 24.2 Å². The Morgan fingerprint density at radius 2 is 1.96 bits per heavy atom. The SMILES string of the molecule is COC(=O)C[C@H](S)C(=O)N(c1ccccc1)c1cncc(Cl)c1. The van der Waals surface area contributed by atoms with Crippen LogP contribution in [0.5, 0.6) is 0 Å². The van der Waals surface area contributed by atoms with Gasteiger partial charge in [-0.25, -0.2) is 0 Å². The highest BCUT2D eigenvalue weighted by atomic mass is 35.5. The maximum atomic E-state index is 12.8. The van der Waals surface area contributed by atoms with Crippen LogP contribution in [0.4, 0.5) is 11.4 Å². The highest BCUT2D eigenvalue weighted by Gasteiger charge is 2.26. The number of esters is 1. The van der Waals surface area contributed by atoms with Crippen molar-refractivity contribution in [2.24, 2.45) is 0 Å². The number of thiol groups is 1. The highest BCUT2D eigenvalue weighted by Crippen LogP contribution is 2.28. The normalized spacial score (nSPS) is 11.6. The van der Waals surface area contributed by atoms with Crippen LogP contribution in [0, 0.1) is 0 Å². The molecule has 1 atom stereocenters. The fourth-order valence-corrected chi connectivity index (χ4v) is 2.41. The lowest BCUT2D eigenvalue weighted by atomic mass is 10.2. The molecule has 1 aromatic heterocycles. The van der Waals surface area contributed by atoms with Gasteiger partial charge in [-0.3, -0.25) is 19.5 Å². The molecule has 0 aliphatic carbocycles. The number of aromatic nitrogens is 1. The molecule has 0 saturated carbocycles. The van der Waals surface area contributed by atoms with Crippen LogP contribution in [0.1, 0.15) is 6.42 Å². The van der Waals surface area contributed by atoms with Gasteiger partial charge in [-0.2, -0.15) is 12.6 Å². The minimum absolute atomic E-state index is 0.129. The summed E-state index contributed by atoms with van der Waals surface area (Å²) in [5, 5.41) is -0.443. The van der Waals surface area contributed by atoms with Gasteiger partial charge in [0.1, 0.15) is 0 Å². The molecular formula is C16H15ClN2O3S. The van der Waals surface area contributed by atoms with E-state index in [9.17, 15) is 9.59 Å². The van der Waals surface area contributed by atoms with E-state index in [4.69, 9.17) is 11.6 Å². The van der Waals surface area contributed by atoms with Crippen molar-refractivity contribution in [3.05, 3.63) is 53.8 Å². The molecule has 0 bridgehead atoms. The number of para-hydroxylation sites is 1. The molecule has 1 aromatic carbocycles. The molecule has 7 heteroatoms. The molecule has 2 rings (SSSR count). The van der Waals surface area contributed by atoms with Crippen molar-refractivity contribution in [3.63, 3.8) is 0 Å². The van der Waals surface area contributed by atoms with Gasteiger partial charge >= 0.3 is 5.97 Å². The Hall–Kier alpha value is -2.05. The van der Waals surface area contributed by atoms with Crippen molar-refractivity contribution in [2.75, 3.05) is 12.0 Å². The monoisotopic (exact) mass is 350 g/mol. The van der Waals surface area contributed by atoms with Crippen LogP contribution in [0.25, 0.3) is 0 Å². The molecule has 0 saturated heterocycles. The summed E-state index contributed by atoms with van der Waals surface area (Å²) < 4.78 is 4.59. The van der Waals surface area contributed by atoms with Gasteiger partial charge in [0.25, 0.3) is 0 Å². The van der Waals surface area contributed by atoms with E-state index < -0.39 is 11.2 Å². The van der Waals surface area contributed by atoms with E-state index in [0.29, 0.717) is 16.4 Å². The Morgan fingerprint density at radius 1 is 1.26 bits per heavy atom. The summed E-state index contributed by atoms with van der Waals surface area (Å²) in [6, 6.07) is 10.6. The van der Waals surface area contributed by atoms with Crippen molar-refractivity contribution in [3.8, 4) is 0 Å². The first-order chi connectivity index (χ1) is 11.0. The van der Waals surface area contributed by atoms with Crippen molar-refractivity contribution in [1.29, 1.82) is 0 Å². The number of hydrogen-bond donors (Lipinski definition) is 1. The molecule has 1 heterocycles. The molecule has 120 valence electrons. The lowest BCUT2D eigenvalue weighted by Crippen LogP contribution is -2.34. The van der Waals surface area contributed by atoms with Crippen LogP contribution in [0.3, 0.4) is 0 Å². The quantitative estimate of drug-likeness (QED) is 0.664. The number of amides is 1. The van der Waals surface area contributed by atoms with Crippen LogP contribution in [0.15, 0.2) is 48.8 Å². The van der Waals surface area contributed by atoms with Crippen molar-refractivity contribution in [2.45, 2.75) is 11.7 Å². The summed E-state index contributed by atoms with van der Waals surface area (Å²) in [6.45, 7) is 0. The van der Waals surface area contributed by atoms with Gasteiger partial charge < -0.3 is 4.74 Å². The maximum Gasteiger partial charge on any atom is 0.307 e. The summed E-state index contributed by atoms with van der Waals surface area (Å²) in [5.41, 5.74) is 1.13. The summed E-state index contributed by atoms with van der Waals surface area (Å²) in [4.78, 5) is 29.6. The predicted molar refractivity (Wildman–Crippen MR) is 92.2 cm³/mol. The third-order valence-corrected chi connectivity index (χ3v) is 3.67. The number of halogens is 1. The van der Waals surface area contributed by atoms with Gasteiger partial charge in [-0.15, -0.1) is 0 Å². The largest absolute Gasteiger partial charge is 0.469 e. The first-order valence-corrected chi connectivity index (χ1v) is 7.67. The summed E-state index contributed by atoms with van der Waals surface area (Å²) >= 11 is 10.2. The number of pyridine rings is 1. The zero-order valence-corrected chi connectivity index (χ0v) is 14.0. The van der Waals surface area contributed by atoms with E-state index >= 15 is 0 Å². The van der Waals surface area contributed by atoms with Crippen LogP contribution in [-0.4, -0.2) is 29.2 Å². The molecular weight excluding hydrogens is 336 g/mol. The number of carbonyl (C=O) groups excluding carboxylic acids is 2. The fraction of sp³-hybridized carbons (Fsp3) is 0.188. The predicted octanol–water partition coefficient (Wildman–Crippen LogP) is 3.26. The molecule has 0 N–H and O–H groups in total. The second-order valence-electron chi connectivity index (χ2n) is 4.67. The maximum absolute atomic E-state index is 12.8. The van der Waals surface area contributed by atoms with E-state index in [-0.39, 0.29) is 12.3 Å². The van der Waals surface area contributed by atoms with Crippen LogP contribution in [0.2, 0.25) is 5.02 Å². The van der Waals surface area contributed by atoms with E-state index in [1.165, 1.54) is 24.4 Å². The third kappa shape index (κ3) is 4.46. The number of ether oxygens (including phenoxy) is 1. The molecule has 0 aliphatic rings. The number of anilines is 2. The number of rotatable bonds is 5. The second-order valence-corrected chi connectivity index (χ2v) is 5.73. The summed E-state index contributed by atoms with van der Waals surface area (Å²) in [7, 11) is 1.27. The number of methoxy groups -OCH3 is 1. The van der Waals surface area contributed by atoms with Gasteiger partial charge in [0, 0.05) is 11.9 Å². The van der Waals surface area contributed by atoms with E-state index in [1.54, 1.807) is 30.3 Å². The molecule has 0 aliphatic heterocycles. The van der Waals surface area contributed by atoms with E-state index in [0.717, 1.165) is 0 Å². The topological polar surface area (TPSA) is 59.5 Å². The Balaban J connectivity index is 2.38. The Bertz CT molecular complexity index is 697. The minimum Gasteiger partial charge on any atom is -0.469 e. The van der Waals surface area contributed by atoms with E-state index in [1.807, 2.05) is 6.07 Å². The lowest BCUT2D eigenvalue weighted by Gasteiger charge is -2.25. The molecule has 5 nitrogen and oxygen atoms in total. The molecule has 2 aromatic rings. The Kier molecular flexibility index (Phi) is 6.01. The fourth-order valence-electron chi connectivity index (χ4n) is 1.98. The second kappa shape index (κ2) is 7.99. The zero-order valence-electron chi connectivity index (χ0n) is 12.3. The lowest BCUT2D eigenvalue weighted by molar-refractivity contribution is -0.141.